The molecule has 0 bridgehead atoms. The van der Waals surface area contributed by atoms with E-state index >= 15 is 0 Å². The fourth-order valence-corrected chi connectivity index (χ4v) is 1.85. The predicted molar refractivity (Wildman–Crippen MR) is 65.7 cm³/mol. The highest BCUT2D eigenvalue weighted by Gasteiger charge is 2.13. The smallest absolute Gasteiger partial charge is 0.254 e. The molecule has 2 aromatic rings. The van der Waals surface area contributed by atoms with Crippen molar-refractivity contribution in [3.63, 3.8) is 0 Å². The van der Waals surface area contributed by atoms with Gasteiger partial charge in [0.2, 0.25) is 0 Å². The fraction of sp³-hybridized carbons (Fsp3) is 0.0769. The van der Waals surface area contributed by atoms with Crippen LogP contribution in [0.1, 0.15) is 15.9 Å². The van der Waals surface area contributed by atoms with E-state index in [-0.39, 0.29) is 12.4 Å². The molecule has 3 nitrogen and oxygen atoms in total. The van der Waals surface area contributed by atoms with E-state index in [1.54, 1.807) is 41.2 Å². The van der Waals surface area contributed by atoms with Crippen molar-refractivity contribution in [3.05, 3.63) is 64.7 Å². The van der Waals surface area contributed by atoms with Gasteiger partial charge in [0.05, 0.1) is 10.6 Å². The zero-order chi connectivity index (χ0) is 13.1. The van der Waals surface area contributed by atoms with Crippen LogP contribution in [-0.4, -0.2) is 5.91 Å². The first kappa shape index (κ1) is 12.5. The summed E-state index contributed by atoms with van der Waals surface area (Å²) in [7, 11) is 0. The van der Waals surface area contributed by atoms with E-state index in [4.69, 9.17) is 17.3 Å². The highest BCUT2D eigenvalue weighted by atomic mass is 35.5. The normalized spacial score (nSPS) is 10.3. The molecule has 5 heteroatoms. The van der Waals surface area contributed by atoms with Gasteiger partial charge in [-0.3, -0.25) is 4.79 Å². The number of nitrogens with zero attached hydrogens (tertiary/aromatic N) is 1. The third-order valence-electron chi connectivity index (χ3n) is 2.55. The largest absolute Gasteiger partial charge is 0.365 e. The van der Waals surface area contributed by atoms with E-state index in [1.165, 1.54) is 6.07 Å². The van der Waals surface area contributed by atoms with E-state index in [0.29, 0.717) is 16.1 Å². The maximum absolute atomic E-state index is 13.6. The van der Waals surface area contributed by atoms with E-state index in [0.717, 1.165) is 0 Å². The molecule has 0 unspecified atom stereocenters. The lowest BCUT2D eigenvalue weighted by Crippen LogP contribution is -2.35. The van der Waals surface area contributed by atoms with E-state index in [2.05, 4.69) is 0 Å². The quantitative estimate of drug-likeness (QED) is 0.847. The van der Waals surface area contributed by atoms with Crippen molar-refractivity contribution in [1.29, 1.82) is 0 Å². The number of hydrogen-bond donors (Lipinski definition) is 1. The Bertz CT molecular complexity index is 581. The number of halogens is 2. The second-order valence-corrected chi connectivity index (χ2v) is 4.24. The second kappa shape index (κ2) is 5.14. The Kier molecular flexibility index (Phi) is 3.58. The van der Waals surface area contributed by atoms with Crippen molar-refractivity contribution in [3.8, 4) is 0 Å². The average Bonchev–Trinajstić information content (AvgIpc) is 2.34. The minimum Gasteiger partial charge on any atom is -0.365 e. The Morgan fingerprint density at radius 3 is 2.78 bits per heavy atom. The third kappa shape index (κ3) is 2.65. The molecule has 0 radical (unpaired) electrons. The zero-order valence-corrected chi connectivity index (χ0v) is 10.2. The molecule has 1 amide bonds. The van der Waals surface area contributed by atoms with Gasteiger partial charge in [-0.2, -0.15) is 4.57 Å². The van der Waals surface area contributed by atoms with Crippen molar-refractivity contribution in [2.45, 2.75) is 6.54 Å². The van der Waals surface area contributed by atoms with Crippen molar-refractivity contribution < 1.29 is 13.8 Å². The molecule has 92 valence electrons. The van der Waals surface area contributed by atoms with Crippen LogP contribution in [0, 0.1) is 5.82 Å². The number of rotatable bonds is 3. The van der Waals surface area contributed by atoms with Gasteiger partial charge in [0.25, 0.3) is 5.91 Å². The Balaban J connectivity index is 2.34. The molecule has 0 saturated carbocycles. The standard InChI is InChI=1S/C13H10ClFN2O/c14-11-4-1-5-12(15)10(11)8-17-6-2-3-9(7-17)13(16)18/h1-7H,8H2,(H-,16,18)/p+1. The summed E-state index contributed by atoms with van der Waals surface area (Å²) in [6.07, 6.45) is 3.28. The maximum Gasteiger partial charge on any atom is 0.254 e. The lowest BCUT2D eigenvalue weighted by molar-refractivity contribution is -0.688. The Morgan fingerprint density at radius 1 is 1.33 bits per heavy atom. The summed E-state index contributed by atoms with van der Waals surface area (Å²) in [5.41, 5.74) is 5.93. The molecule has 0 fully saturated rings. The van der Waals surface area contributed by atoms with E-state index in [1.807, 2.05) is 0 Å². The number of carbonyl (C=O) groups is 1. The summed E-state index contributed by atoms with van der Waals surface area (Å²) >= 11 is 5.94. The van der Waals surface area contributed by atoms with Crippen molar-refractivity contribution in [2.24, 2.45) is 5.73 Å². The number of hydrogen-bond acceptors (Lipinski definition) is 1. The van der Waals surface area contributed by atoms with Crippen LogP contribution in [0.2, 0.25) is 5.02 Å². The topological polar surface area (TPSA) is 47.0 Å². The van der Waals surface area contributed by atoms with Gasteiger partial charge in [-0.15, -0.1) is 0 Å². The molecule has 1 aromatic carbocycles. The molecule has 0 spiro atoms. The van der Waals surface area contributed by atoms with Crippen LogP contribution in [0.25, 0.3) is 0 Å². The number of primary amides is 1. The number of amides is 1. The fourth-order valence-electron chi connectivity index (χ4n) is 1.63. The van der Waals surface area contributed by atoms with Gasteiger partial charge in [0.1, 0.15) is 11.4 Å². The van der Waals surface area contributed by atoms with Crippen LogP contribution in [-0.2, 0) is 6.54 Å². The number of benzene rings is 1. The summed E-state index contributed by atoms with van der Waals surface area (Å²) < 4.78 is 15.3. The van der Waals surface area contributed by atoms with Gasteiger partial charge in [0, 0.05) is 6.07 Å². The third-order valence-corrected chi connectivity index (χ3v) is 2.90. The first-order valence-electron chi connectivity index (χ1n) is 5.29. The molecule has 18 heavy (non-hydrogen) atoms. The molecule has 0 saturated heterocycles. The van der Waals surface area contributed by atoms with E-state index in [9.17, 15) is 9.18 Å². The molecule has 0 aliphatic rings. The van der Waals surface area contributed by atoms with Crippen LogP contribution in [0.5, 0.6) is 0 Å². The van der Waals surface area contributed by atoms with Gasteiger partial charge in [0.15, 0.2) is 18.9 Å². The molecule has 1 aromatic heterocycles. The Labute approximate surface area is 109 Å². The summed E-state index contributed by atoms with van der Waals surface area (Å²) in [6, 6.07) is 7.79. The van der Waals surface area contributed by atoms with Gasteiger partial charge in [-0.1, -0.05) is 17.7 Å². The molecule has 0 aliphatic carbocycles. The van der Waals surface area contributed by atoms with Gasteiger partial charge in [-0.05, 0) is 18.2 Å². The summed E-state index contributed by atoms with van der Waals surface area (Å²) in [5.74, 6) is -0.900. The summed E-state index contributed by atoms with van der Waals surface area (Å²) in [4.78, 5) is 11.0. The highest BCUT2D eigenvalue weighted by Crippen LogP contribution is 2.18. The number of nitrogens with two attached hydrogens (primary N) is 1. The van der Waals surface area contributed by atoms with Crippen LogP contribution >= 0.6 is 11.6 Å². The van der Waals surface area contributed by atoms with Crippen molar-refractivity contribution in [1.82, 2.24) is 0 Å². The minimum absolute atomic E-state index is 0.243. The Morgan fingerprint density at radius 2 is 2.11 bits per heavy atom. The number of pyridine rings is 1. The first-order valence-corrected chi connectivity index (χ1v) is 5.67. The minimum atomic E-state index is -0.524. The van der Waals surface area contributed by atoms with Crippen molar-refractivity contribution >= 4 is 17.5 Å². The average molecular weight is 266 g/mol. The lowest BCUT2D eigenvalue weighted by Gasteiger charge is -2.03. The van der Waals surface area contributed by atoms with Gasteiger partial charge < -0.3 is 5.73 Å². The first-order chi connectivity index (χ1) is 8.58. The van der Waals surface area contributed by atoms with Crippen LogP contribution in [0.3, 0.4) is 0 Å². The number of aromatic nitrogens is 1. The highest BCUT2D eigenvalue weighted by molar-refractivity contribution is 6.31. The molecule has 1 heterocycles. The molecular weight excluding hydrogens is 255 g/mol. The van der Waals surface area contributed by atoms with Crippen LogP contribution < -0.4 is 10.3 Å². The SMILES string of the molecule is NC(=O)c1ccc[n+](Cc2c(F)cccc2Cl)c1. The monoisotopic (exact) mass is 265 g/mol. The number of carbonyl (C=O) groups excluding carboxylic acids is 1. The second-order valence-electron chi connectivity index (χ2n) is 3.83. The van der Waals surface area contributed by atoms with Gasteiger partial charge in [-0.25, -0.2) is 4.39 Å². The molecule has 2 N–H and O–H groups in total. The van der Waals surface area contributed by atoms with Gasteiger partial charge >= 0.3 is 0 Å². The molecular formula is C13H11ClFN2O+. The Hall–Kier alpha value is -1.94. The van der Waals surface area contributed by atoms with E-state index < -0.39 is 5.91 Å². The van der Waals surface area contributed by atoms with Crippen molar-refractivity contribution in [2.75, 3.05) is 0 Å². The molecule has 2 rings (SSSR count). The molecule has 0 atom stereocenters. The maximum atomic E-state index is 13.6. The zero-order valence-electron chi connectivity index (χ0n) is 9.44. The lowest BCUT2D eigenvalue weighted by atomic mass is 10.2. The molecule has 0 aliphatic heterocycles. The van der Waals surface area contributed by atoms with Crippen LogP contribution in [0.15, 0.2) is 42.7 Å². The summed E-state index contributed by atoms with van der Waals surface area (Å²) in [5, 5.41) is 0.354. The van der Waals surface area contributed by atoms with Crippen LogP contribution in [0.4, 0.5) is 4.39 Å². The predicted octanol–water partition coefficient (Wildman–Crippen LogP) is 1.91. The summed E-state index contributed by atoms with van der Waals surface area (Å²) in [6.45, 7) is 0.243.